The maximum absolute atomic E-state index is 13.7. The van der Waals surface area contributed by atoms with E-state index in [9.17, 15) is 49.1 Å². The highest BCUT2D eigenvalue weighted by Gasteiger charge is 2.81. The van der Waals surface area contributed by atoms with Gasteiger partial charge < -0.3 is 19.3 Å². The normalized spacial score (nSPS) is 15.1. The summed E-state index contributed by atoms with van der Waals surface area (Å²) >= 11 is 0. The summed E-state index contributed by atoms with van der Waals surface area (Å²) in [6.07, 6.45) is -5.97. The molecule has 1 N–H and O–H groups in total. The minimum atomic E-state index is -7.03. The maximum atomic E-state index is 13.7. The van der Waals surface area contributed by atoms with Crippen LogP contribution in [0.4, 0.5) is 39.5 Å². The third-order valence-corrected chi connectivity index (χ3v) is 5.95. The van der Waals surface area contributed by atoms with Gasteiger partial charge in [-0.2, -0.15) is 39.5 Å². The lowest BCUT2D eigenvalue weighted by atomic mass is 10.0. The zero-order chi connectivity index (χ0) is 30.7. The summed E-state index contributed by atoms with van der Waals surface area (Å²) in [4.78, 5) is 24.8. The van der Waals surface area contributed by atoms with E-state index in [1.807, 2.05) is 35.0 Å². The van der Waals surface area contributed by atoms with E-state index in [2.05, 4.69) is 10.1 Å². The number of alkyl halides is 9. The summed E-state index contributed by atoms with van der Waals surface area (Å²) in [6.45, 7) is 3.17. The number of esters is 2. The van der Waals surface area contributed by atoms with Crippen molar-refractivity contribution in [2.24, 2.45) is 5.92 Å². The van der Waals surface area contributed by atoms with Crippen molar-refractivity contribution >= 4 is 11.9 Å². The van der Waals surface area contributed by atoms with Gasteiger partial charge in [0.1, 0.15) is 6.04 Å². The molecule has 0 spiro atoms. The number of carbonyl (C=O) groups excluding carboxylic acids is 2. The third-order valence-electron chi connectivity index (χ3n) is 5.95. The van der Waals surface area contributed by atoms with Gasteiger partial charge in [0.05, 0.1) is 53.7 Å². The Balaban J connectivity index is 5.28. The lowest BCUT2D eigenvalue weighted by Crippen LogP contribution is -2.61. The van der Waals surface area contributed by atoms with E-state index in [1.165, 1.54) is 0 Å². The van der Waals surface area contributed by atoms with Gasteiger partial charge in [-0.25, -0.2) is 0 Å². The van der Waals surface area contributed by atoms with E-state index in [0.717, 1.165) is 25.7 Å². The second kappa shape index (κ2) is 15.3. The van der Waals surface area contributed by atoms with Crippen molar-refractivity contribution in [3.05, 3.63) is 0 Å². The lowest BCUT2D eigenvalue weighted by molar-refractivity contribution is -0.870. The van der Waals surface area contributed by atoms with Gasteiger partial charge in [-0.1, -0.05) is 33.1 Å². The van der Waals surface area contributed by atoms with Crippen molar-refractivity contribution in [2.75, 3.05) is 47.4 Å². The molecule has 0 aliphatic heterocycles. The molecule has 0 aromatic heterocycles. The highest BCUT2D eigenvalue weighted by Crippen LogP contribution is 2.53. The molecule has 6 nitrogen and oxygen atoms in total. The summed E-state index contributed by atoms with van der Waals surface area (Å²) in [5.74, 6) is -21.8. The van der Waals surface area contributed by atoms with E-state index < -0.39 is 61.4 Å². The zero-order valence-corrected chi connectivity index (χ0v) is 22.9. The summed E-state index contributed by atoms with van der Waals surface area (Å²) in [6, 6.07) is -1.45. The van der Waals surface area contributed by atoms with Gasteiger partial charge in [0.25, 0.3) is 0 Å². The number of rotatable bonds is 19. The monoisotopic (exact) mass is 591 g/mol. The maximum Gasteiger partial charge on any atom is 0.460 e. The summed E-state index contributed by atoms with van der Waals surface area (Å²) in [5.41, 5.74) is 0. The van der Waals surface area contributed by atoms with Gasteiger partial charge in [-0.3, -0.25) is 9.59 Å². The molecule has 0 radical (unpaired) electrons. The number of hydrogen-bond donors (Lipinski definition) is 1. The summed E-state index contributed by atoms with van der Waals surface area (Å²) in [7, 11) is 5.68. The fraction of sp³-hybridized carbons (Fsp3) is 0.917. The number of carbonyl (C=O) groups is 2. The predicted octanol–water partition coefficient (Wildman–Crippen LogP) is 5.59. The van der Waals surface area contributed by atoms with E-state index in [4.69, 9.17) is 4.74 Å². The van der Waals surface area contributed by atoms with E-state index in [1.54, 1.807) is 0 Å². The predicted molar refractivity (Wildman–Crippen MR) is 125 cm³/mol. The Kier molecular flexibility index (Phi) is 14.6. The SMILES string of the molecule is CCCCC(CC)COC(=O)CC(NCCC[N+](C)(C)C)C(=O)OCCC(F)(F)C(F)(F)C(F)(F)C(F)(F)F. The smallest absolute Gasteiger partial charge is 0.460 e. The fourth-order valence-corrected chi connectivity index (χ4v) is 3.35. The van der Waals surface area contributed by atoms with Crippen molar-refractivity contribution in [1.82, 2.24) is 5.32 Å². The van der Waals surface area contributed by atoms with Gasteiger partial charge in [0.2, 0.25) is 0 Å². The molecule has 2 unspecified atom stereocenters. The number of halogens is 9. The lowest BCUT2D eigenvalue weighted by Gasteiger charge is -2.33. The molecule has 232 valence electrons. The van der Waals surface area contributed by atoms with Crippen molar-refractivity contribution < 1.29 is 63.1 Å². The van der Waals surface area contributed by atoms with Gasteiger partial charge in [-0.05, 0) is 12.3 Å². The Labute approximate surface area is 223 Å². The van der Waals surface area contributed by atoms with E-state index in [0.29, 0.717) is 17.4 Å². The number of nitrogens with one attached hydrogen (secondary N) is 1. The molecule has 0 saturated heterocycles. The van der Waals surface area contributed by atoms with Crippen LogP contribution in [0.5, 0.6) is 0 Å². The molecule has 15 heteroatoms. The average Bonchev–Trinajstić information content (AvgIpc) is 2.79. The molecule has 0 heterocycles. The van der Waals surface area contributed by atoms with Crippen molar-refractivity contribution in [1.29, 1.82) is 0 Å². The van der Waals surface area contributed by atoms with Crippen LogP contribution in [0.15, 0.2) is 0 Å². The number of ether oxygens (including phenoxy) is 2. The first kappa shape index (κ1) is 37.2. The second-order valence-electron chi connectivity index (χ2n) is 10.4. The highest BCUT2D eigenvalue weighted by atomic mass is 19.4. The minimum Gasteiger partial charge on any atom is -0.465 e. The molecule has 2 atom stereocenters. The summed E-state index contributed by atoms with van der Waals surface area (Å²) < 4.78 is 127. The topological polar surface area (TPSA) is 64.6 Å². The Bertz CT molecular complexity index is 757. The van der Waals surface area contributed by atoms with Crippen molar-refractivity contribution in [3.63, 3.8) is 0 Å². The van der Waals surface area contributed by atoms with Gasteiger partial charge in [-0.15, -0.1) is 0 Å². The first-order chi connectivity index (χ1) is 17.6. The molecular formula is C24H40F9N2O4+. The van der Waals surface area contributed by atoms with Crippen LogP contribution < -0.4 is 5.32 Å². The fourth-order valence-electron chi connectivity index (χ4n) is 3.35. The van der Waals surface area contributed by atoms with Gasteiger partial charge in [0, 0.05) is 13.0 Å². The Morgan fingerprint density at radius 2 is 1.46 bits per heavy atom. The minimum absolute atomic E-state index is 0.0767. The van der Waals surface area contributed by atoms with Crippen LogP contribution in [0.1, 0.15) is 58.8 Å². The van der Waals surface area contributed by atoms with Crippen LogP contribution >= 0.6 is 0 Å². The molecule has 0 amide bonds. The largest absolute Gasteiger partial charge is 0.465 e. The second-order valence-corrected chi connectivity index (χ2v) is 10.4. The molecule has 0 aliphatic carbocycles. The average molecular weight is 592 g/mol. The van der Waals surface area contributed by atoms with Crippen LogP contribution in [0.25, 0.3) is 0 Å². The van der Waals surface area contributed by atoms with Crippen LogP contribution in [-0.4, -0.2) is 93.9 Å². The number of nitrogens with zero attached hydrogens (tertiary/aromatic N) is 1. The number of quaternary nitrogens is 1. The first-order valence-corrected chi connectivity index (χ1v) is 12.7. The van der Waals surface area contributed by atoms with Crippen LogP contribution in [0, 0.1) is 5.92 Å². The van der Waals surface area contributed by atoms with Crippen molar-refractivity contribution in [2.45, 2.75) is 88.8 Å². The third kappa shape index (κ3) is 12.1. The quantitative estimate of drug-likeness (QED) is 0.0919. The molecular weight excluding hydrogens is 551 g/mol. The highest BCUT2D eigenvalue weighted by molar-refractivity contribution is 5.82. The van der Waals surface area contributed by atoms with Crippen LogP contribution in [-0.2, 0) is 19.1 Å². The molecule has 0 aromatic rings. The van der Waals surface area contributed by atoms with Crippen LogP contribution in [0.3, 0.4) is 0 Å². The molecule has 0 aromatic carbocycles. The van der Waals surface area contributed by atoms with Crippen LogP contribution in [0.2, 0.25) is 0 Å². The van der Waals surface area contributed by atoms with Crippen molar-refractivity contribution in [3.8, 4) is 0 Å². The first-order valence-electron chi connectivity index (χ1n) is 12.7. The van der Waals surface area contributed by atoms with Gasteiger partial charge >= 0.3 is 35.9 Å². The molecule has 0 saturated carbocycles. The van der Waals surface area contributed by atoms with E-state index >= 15 is 0 Å². The molecule has 0 aliphatic rings. The standard InChI is InChI=1S/C24H40F9N2O4/c1-6-8-10-17(7-2)16-39-19(36)15-18(34-12-9-13-35(3,4)5)20(37)38-14-11-21(25,26)22(27,28)23(29,30)24(31,32)33/h17-18,34H,6-16H2,1-5H3/q+1. The Morgan fingerprint density at radius 3 is 1.95 bits per heavy atom. The number of unbranched alkanes of at least 4 members (excludes halogenated alkanes) is 1. The molecule has 0 fully saturated rings. The molecule has 0 rings (SSSR count). The van der Waals surface area contributed by atoms with Gasteiger partial charge in [0.15, 0.2) is 0 Å². The molecule has 0 bridgehead atoms. The zero-order valence-electron chi connectivity index (χ0n) is 22.9. The number of hydrogen-bond acceptors (Lipinski definition) is 5. The van der Waals surface area contributed by atoms with E-state index in [-0.39, 0.29) is 19.1 Å². The Morgan fingerprint density at radius 1 is 0.872 bits per heavy atom. The summed E-state index contributed by atoms with van der Waals surface area (Å²) in [5, 5.41) is 2.69. The molecule has 39 heavy (non-hydrogen) atoms. The Hall–Kier alpha value is -1.77.